The molecule has 4 aromatic carbocycles. The van der Waals surface area contributed by atoms with Crippen LogP contribution in [0.15, 0.2) is 122 Å². The van der Waals surface area contributed by atoms with Crippen molar-refractivity contribution in [2.75, 3.05) is 0 Å². The number of H-pyrrole nitrogens is 3. The number of hydrogen-bond donors (Lipinski definition) is 3. The predicted molar refractivity (Wildman–Crippen MR) is 138 cm³/mol. The number of rotatable bonds is 0. The molecule has 32 heavy (non-hydrogen) atoms. The summed E-state index contributed by atoms with van der Waals surface area (Å²) in [6.07, 6.45) is 3.75. The molecule has 0 amide bonds. The van der Waals surface area contributed by atoms with Gasteiger partial charge in [-0.3, -0.25) is 0 Å². The van der Waals surface area contributed by atoms with Gasteiger partial charge in [0.15, 0.2) is 0 Å². The second-order valence-electron chi connectivity index (χ2n) is 7.32. The molecule has 7 rings (SSSR count). The average molecular weight is 471 g/mol. The molecule has 3 heterocycles. The summed E-state index contributed by atoms with van der Waals surface area (Å²) in [5, 5.41) is 5.22. The minimum atomic E-state index is 0. The molecule has 3 aromatic heterocycles. The minimum absolute atomic E-state index is 0. The van der Waals surface area contributed by atoms with E-state index >= 15 is 0 Å². The maximum Gasteiger partial charge on any atom is 0.0464 e. The van der Waals surface area contributed by atoms with E-state index in [0.29, 0.717) is 0 Å². The van der Waals surface area contributed by atoms with Crippen LogP contribution in [0, 0.1) is 0 Å². The van der Waals surface area contributed by atoms with Crippen LogP contribution >= 0.6 is 0 Å². The fraction of sp³-hybridized carbons (Fsp3) is 0. The molecule has 0 spiro atoms. The molecule has 7 aromatic rings. The summed E-state index contributed by atoms with van der Waals surface area (Å²) >= 11 is 0. The SMILES string of the molecule is [Ga].c1cc[nH]c1.c1ccc2c(c1)[nH]c1ccccc12.c1ccc2c(c1)[nH]c1ccccc12. The Balaban J connectivity index is 0.000000123. The Morgan fingerprint density at radius 3 is 0.875 bits per heavy atom. The summed E-state index contributed by atoms with van der Waals surface area (Å²) in [7, 11) is 0. The Morgan fingerprint density at radius 1 is 0.344 bits per heavy atom. The zero-order valence-electron chi connectivity index (χ0n) is 17.6. The summed E-state index contributed by atoms with van der Waals surface area (Å²) < 4.78 is 0. The summed E-state index contributed by atoms with van der Waals surface area (Å²) in [6, 6.07) is 37.4. The van der Waals surface area contributed by atoms with Crippen LogP contribution in [0.3, 0.4) is 0 Å². The van der Waals surface area contributed by atoms with Crippen molar-refractivity contribution in [1.82, 2.24) is 15.0 Å². The molecule has 0 aliphatic rings. The summed E-state index contributed by atoms with van der Waals surface area (Å²) in [5.41, 5.74) is 4.85. The molecule has 0 atom stereocenters. The van der Waals surface area contributed by atoms with Crippen molar-refractivity contribution in [1.29, 1.82) is 0 Å². The first kappa shape index (κ1) is 21.6. The molecule has 153 valence electrons. The second kappa shape index (κ2) is 10.1. The maximum absolute atomic E-state index is 3.38. The van der Waals surface area contributed by atoms with Crippen molar-refractivity contribution in [3.05, 3.63) is 122 Å². The Kier molecular flexibility index (Phi) is 6.85. The zero-order valence-corrected chi connectivity index (χ0v) is 20.0. The van der Waals surface area contributed by atoms with Gasteiger partial charge in [-0.25, -0.2) is 0 Å². The minimum Gasteiger partial charge on any atom is -0.368 e. The van der Waals surface area contributed by atoms with Crippen LogP contribution in [0.25, 0.3) is 43.6 Å². The first-order chi connectivity index (χ1) is 15.4. The third-order valence-electron chi connectivity index (χ3n) is 5.32. The van der Waals surface area contributed by atoms with Crippen LogP contribution in [0.2, 0.25) is 0 Å². The molecule has 0 saturated carbocycles. The van der Waals surface area contributed by atoms with Gasteiger partial charge in [-0.2, -0.15) is 0 Å². The topological polar surface area (TPSA) is 47.4 Å². The molecule has 3 radical (unpaired) electrons. The fourth-order valence-electron chi connectivity index (χ4n) is 3.88. The van der Waals surface area contributed by atoms with Gasteiger partial charge in [0.1, 0.15) is 0 Å². The van der Waals surface area contributed by atoms with Crippen LogP contribution in [0.5, 0.6) is 0 Å². The zero-order chi connectivity index (χ0) is 20.9. The average Bonchev–Trinajstić information content (AvgIpc) is 3.59. The van der Waals surface area contributed by atoms with E-state index in [1.165, 1.54) is 43.6 Å². The Bertz CT molecular complexity index is 1320. The van der Waals surface area contributed by atoms with Gasteiger partial charge in [0, 0.05) is 75.8 Å². The van der Waals surface area contributed by atoms with Gasteiger partial charge in [0.05, 0.1) is 0 Å². The van der Waals surface area contributed by atoms with E-state index in [0.717, 1.165) is 0 Å². The molecule has 0 unspecified atom stereocenters. The summed E-state index contributed by atoms with van der Waals surface area (Å²) in [4.78, 5) is 9.62. The number of aromatic nitrogens is 3. The van der Waals surface area contributed by atoms with Gasteiger partial charge in [-0.1, -0.05) is 72.8 Å². The normalized spacial score (nSPS) is 10.2. The van der Waals surface area contributed by atoms with Crippen molar-refractivity contribution in [2.24, 2.45) is 0 Å². The number of nitrogens with one attached hydrogen (secondary N) is 3. The van der Waals surface area contributed by atoms with E-state index in [2.05, 4.69) is 112 Å². The van der Waals surface area contributed by atoms with E-state index in [1.807, 2.05) is 24.5 Å². The van der Waals surface area contributed by atoms with Crippen LogP contribution in [0.1, 0.15) is 0 Å². The first-order valence-electron chi connectivity index (χ1n) is 10.4. The Labute approximate surface area is 199 Å². The third-order valence-corrected chi connectivity index (χ3v) is 5.32. The van der Waals surface area contributed by atoms with Crippen molar-refractivity contribution in [3.8, 4) is 0 Å². The van der Waals surface area contributed by atoms with Crippen LogP contribution in [0.4, 0.5) is 0 Å². The van der Waals surface area contributed by atoms with Crippen molar-refractivity contribution >= 4 is 63.4 Å². The number of aromatic amines is 3. The maximum atomic E-state index is 3.38. The molecule has 3 nitrogen and oxygen atoms in total. The number of para-hydroxylation sites is 4. The molecular formula is C28H23GaN3. The molecule has 0 aliphatic heterocycles. The predicted octanol–water partition coefficient (Wildman–Crippen LogP) is 7.28. The van der Waals surface area contributed by atoms with E-state index in [9.17, 15) is 0 Å². The molecule has 3 N–H and O–H groups in total. The number of hydrogen-bond acceptors (Lipinski definition) is 0. The molecular weight excluding hydrogens is 448 g/mol. The third kappa shape index (κ3) is 4.52. The van der Waals surface area contributed by atoms with Gasteiger partial charge in [-0.15, -0.1) is 0 Å². The van der Waals surface area contributed by atoms with Crippen molar-refractivity contribution in [2.45, 2.75) is 0 Å². The largest absolute Gasteiger partial charge is 0.368 e. The summed E-state index contributed by atoms with van der Waals surface area (Å²) in [5.74, 6) is 0. The van der Waals surface area contributed by atoms with Crippen molar-refractivity contribution < 1.29 is 0 Å². The Morgan fingerprint density at radius 2 is 0.625 bits per heavy atom. The molecule has 0 bridgehead atoms. The number of benzene rings is 4. The molecule has 0 fully saturated rings. The summed E-state index contributed by atoms with van der Waals surface area (Å²) in [6.45, 7) is 0. The van der Waals surface area contributed by atoms with E-state index in [-0.39, 0.29) is 19.8 Å². The van der Waals surface area contributed by atoms with E-state index < -0.39 is 0 Å². The van der Waals surface area contributed by atoms with Gasteiger partial charge in [0.2, 0.25) is 0 Å². The smallest absolute Gasteiger partial charge is 0.0464 e. The first-order valence-corrected chi connectivity index (χ1v) is 10.4. The second-order valence-corrected chi connectivity index (χ2v) is 7.32. The Hall–Kier alpha value is -3.60. The van der Waals surface area contributed by atoms with Crippen LogP contribution in [-0.2, 0) is 0 Å². The van der Waals surface area contributed by atoms with Crippen LogP contribution in [-0.4, -0.2) is 34.7 Å². The van der Waals surface area contributed by atoms with Gasteiger partial charge < -0.3 is 15.0 Å². The van der Waals surface area contributed by atoms with Gasteiger partial charge >= 0.3 is 0 Å². The monoisotopic (exact) mass is 470 g/mol. The van der Waals surface area contributed by atoms with Gasteiger partial charge in [-0.05, 0) is 36.4 Å². The van der Waals surface area contributed by atoms with E-state index in [1.54, 1.807) is 0 Å². The van der Waals surface area contributed by atoms with Gasteiger partial charge in [0.25, 0.3) is 0 Å². The quantitative estimate of drug-likeness (QED) is 0.195. The molecule has 0 aliphatic carbocycles. The molecule has 4 heteroatoms. The van der Waals surface area contributed by atoms with Crippen LogP contribution < -0.4 is 0 Å². The number of fused-ring (bicyclic) bond motifs is 6. The fourth-order valence-corrected chi connectivity index (χ4v) is 3.88. The van der Waals surface area contributed by atoms with E-state index in [4.69, 9.17) is 0 Å². The standard InChI is InChI=1S/2C12H9N.C4H5N.Ga/c2*1-3-7-11-9(5-1)10-6-2-4-8-12(10)13-11;1-2-4-5-3-1;/h2*1-8,13H;1-5H;. The van der Waals surface area contributed by atoms with Crippen molar-refractivity contribution in [3.63, 3.8) is 0 Å². The molecule has 0 saturated heterocycles.